The van der Waals surface area contributed by atoms with Crippen molar-refractivity contribution in [2.45, 2.75) is 24.6 Å². The Balaban J connectivity index is 1.94. The Labute approximate surface area is 135 Å². The normalized spacial score (nSPS) is 12.4. The quantitative estimate of drug-likeness (QED) is 0.565. The molecule has 1 atom stereocenters. The summed E-state index contributed by atoms with van der Waals surface area (Å²) < 4.78 is 6.40. The van der Waals surface area contributed by atoms with Crippen molar-refractivity contribution in [2.24, 2.45) is 0 Å². The van der Waals surface area contributed by atoms with Crippen LogP contribution in [0.1, 0.15) is 27.3 Å². The third-order valence-electron chi connectivity index (χ3n) is 3.03. The summed E-state index contributed by atoms with van der Waals surface area (Å²) in [5, 5.41) is 0. The number of ether oxygens (including phenoxy) is 1. The highest BCUT2D eigenvalue weighted by Gasteiger charge is 2.12. The zero-order valence-corrected chi connectivity index (χ0v) is 14.9. The third-order valence-corrected chi connectivity index (χ3v) is 6.53. The number of benzene rings is 1. The van der Waals surface area contributed by atoms with Gasteiger partial charge in [-0.1, -0.05) is 28.1 Å². The van der Waals surface area contributed by atoms with Gasteiger partial charge >= 0.3 is 0 Å². The van der Waals surface area contributed by atoms with Crippen LogP contribution in [0.4, 0.5) is 0 Å². The van der Waals surface area contributed by atoms with Crippen molar-refractivity contribution in [2.75, 3.05) is 7.11 Å². The van der Waals surface area contributed by atoms with Crippen molar-refractivity contribution in [3.63, 3.8) is 0 Å². The zero-order valence-electron chi connectivity index (χ0n) is 11.0. The molecule has 0 bridgehead atoms. The fraction of sp³-hybridized carbons (Fsp3) is 0.333. The van der Waals surface area contributed by atoms with Crippen LogP contribution in [-0.2, 0) is 6.42 Å². The smallest absolute Gasteiger partial charge is 0.118 e. The lowest BCUT2D eigenvalue weighted by Crippen LogP contribution is -1.92. The molecule has 0 saturated heterocycles. The Morgan fingerprint density at radius 1 is 1.26 bits per heavy atom. The summed E-state index contributed by atoms with van der Waals surface area (Å²) >= 11 is 9.18. The summed E-state index contributed by atoms with van der Waals surface area (Å²) in [7, 11) is 1.69. The summed E-state index contributed by atoms with van der Waals surface area (Å²) in [5.41, 5.74) is 2.66. The molecule has 0 fully saturated rings. The number of alkyl halides is 1. The Kier molecular flexibility index (Phi) is 5.48. The van der Waals surface area contributed by atoms with Crippen LogP contribution < -0.4 is 4.74 Å². The topological polar surface area (TPSA) is 9.23 Å². The molecular weight excluding hydrogens is 388 g/mol. The van der Waals surface area contributed by atoms with Crippen LogP contribution >= 0.6 is 43.2 Å². The van der Waals surface area contributed by atoms with Gasteiger partial charge in [0, 0.05) is 9.70 Å². The first-order chi connectivity index (χ1) is 9.10. The second-order valence-corrected chi connectivity index (χ2v) is 7.97. The first kappa shape index (κ1) is 15.1. The van der Waals surface area contributed by atoms with Crippen LogP contribution in [0.3, 0.4) is 0 Å². The fourth-order valence-corrected chi connectivity index (χ4v) is 4.09. The van der Waals surface area contributed by atoms with Crippen molar-refractivity contribution in [1.29, 1.82) is 0 Å². The fourth-order valence-electron chi connectivity index (χ4n) is 1.87. The highest BCUT2D eigenvalue weighted by atomic mass is 79.9. The first-order valence-electron chi connectivity index (χ1n) is 6.13. The van der Waals surface area contributed by atoms with E-state index in [1.165, 1.54) is 19.8 Å². The van der Waals surface area contributed by atoms with E-state index >= 15 is 0 Å². The molecule has 0 spiro atoms. The lowest BCUT2D eigenvalue weighted by Gasteiger charge is -2.08. The minimum Gasteiger partial charge on any atom is -0.497 e. The molecule has 1 nitrogen and oxygen atoms in total. The Morgan fingerprint density at radius 3 is 2.47 bits per heavy atom. The van der Waals surface area contributed by atoms with Crippen LogP contribution in [0.15, 0.2) is 34.1 Å². The second-order valence-electron chi connectivity index (χ2n) is 4.46. The SMILES string of the molecule is COc1ccc(CCC(Br)c2cc(C)c(Br)s2)cc1. The van der Waals surface area contributed by atoms with Gasteiger partial charge in [0.2, 0.25) is 0 Å². The van der Waals surface area contributed by atoms with Gasteiger partial charge in [0.1, 0.15) is 5.75 Å². The maximum atomic E-state index is 5.17. The minimum atomic E-state index is 0.421. The van der Waals surface area contributed by atoms with Gasteiger partial charge in [-0.25, -0.2) is 0 Å². The molecule has 2 aromatic rings. The molecule has 0 amide bonds. The van der Waals surface area contributed by atoms with Crippen LogP contribution in [0.25, 0.3) is 0 Å². The van der Waals surface area contributed by atoms with E-state index in [9.17, 15) is 0 Å². The van der Waals surface area contributed by atoms with Gasteiger partial charge in [-0.15, -0.1) is 11.3 Å². The summed E-state index contributed by atoms with van der Waals surface area (Å²) in [6.45, 7) is 2.13. The molecule has 102 valence electrons. The van der Waals surface area contributed by atoms with Crippen molar-refractivity contribution in [1.82, 2.24) is 0 Å². The van der Waals surface area contributed by atoms with Gasteiger partial charge in [-0.3, -0.25) is 0 Å². The van der Waals surface area contributed by atoms with Gasteiger partial charge in [0.15, 0.2) is 0 Å². The van der Waals surface area contributed by atoms with Gasteiger partial charge in [-0.05, 0) is 65.0 Å². The van der Waals surface area contributed by atoms with Crippen LogP contribution in [0, 0.1) is 6.92 Å². The highest BCUT2D eigenvalue weighted by molar-refractivity contribution is 9.11. The molecular formula is C15H16Br2OS. The van der Waals surface area contributed by atoms with Crippen LogP contribution in [0.2, 0.25) is 0 Å². The lowest BCUT2D eigenvalue weighted by atomic mass is 10.1. The average molecular weight is 404 g/mol. The second kappa shape index (κ2) is 6.91. The van der Waals surface area contributed by atoms with E-state index in [2.05, 4.69) is 57.0 Å². The molecule has 19 heavy (non-hydrogen) atoms. The maximum Gasteiger partial charge on any atom is 0.118 e. The third kappa shape index (κ3) is 4.07. The Morgan fingerprint density at radius 2 is 1.95 bits per heavy atom. The number of methoxy groups -OCH3 is 1. The summed E-state index contributed by atoms with van der Waals surface area (Å²) in [6, 6.07) is 10.6. The van der Waals surface area contributed by atoms with E-state index in [-0.39, 0.29) is 0 Å². The summed E-state index contributed by atoms with van der Waals surface area (Å²) in [4.78, 5) is 1.81. The van der Waals surface area contributed by atoms with Crippen LogP contribution in [-0.4, -0.2) is 7.11 Å². The average Bonchev–Trinajstić information content (AvgIpc) is 2.77. The number of halogens is 2. The largest absolute Gasteiger partial charge is 0.497 e. The lowest BCUT2D eigenvalue weighted by molar-refractivity contribution is 0.414. The Hall–Kier alpha value is -0.320. The molecule has 1 unspecified atom stereocenters. The van der Waals surface area contributed by atoms with E-state index in [4.69, 9.17) is 4.74 Å². The maximum absolute atomic E-state index is 5.17. The number of thiophene rings is 1. The number of rotatable bonds is 5. The van der Waals surface area contributed by atoms with E-state index in [1.807, 2.05) is 23.5 Å². The molecule has 4 heteroatoms. The van der Waals surface area contributed by atoms with Crippen LogP contribution in [0.5, 0.6) is 5.75 Å². The van der Waals surface area contributed by atoms with E-state index in [0.29, 0.717) is 4.83 Å². The molecule has 1 aromatic carbocycles. The molecule has 1 heterocycles. The highest BCUT2D eigenvalue weighted by Crippen LogP contribution is 2.37. The summed E-state index contributed by atoms with van der Waals surface area (Å²) in [6.07, 6.45) is 2.16. The molecule has 2 rings (SSSR count). The number of aryl methyl sites for hydroxylation is 2. The van der Waals surface area contributed by atoms with E-state index in [1.54, 1.807) is 7.11 Å². The van der Waals surface area contributed by atoms with Crippen molar-refractivity contribution in [3.8, 4) is 5.75 Å². The number of hydrogen-bond donors (Lipinski definition) is 0. The molecule has 0 aliphatic heterocycles. The molecule has 0 saturated carbocycles. The first-order valence-corrected chi connectivity index (χ1v) is 8.65. The van der Waals surface area contributed by atoms with E-state index in [0.717, 1.165) is 18.6 Å². The Bertz CT molecular complexity index is 514. The molecule has 1 aromatic heterocycles. The summed E-state index contributed by atoms with van der Waals surface area (Å²) in [5.74, 6) is 0.914. The molecule has 0 radical (unpaired) electrons. The number of hydrogen-bond acceptors (Lipinski definition) is 2. The van der Waals surface area contributed by atoms with Crippen molar-refractivity contribution >= 4 is 43.2 Å². The van der Waals surface area contributed by atoms with Gasteiger partial charge < -0.3 is 4.74 Å². The van der Waals surface area contributed by atoms with Gasteiger partial charge in [0.25, 0.3) is 0 Å². The molecule has 0 aliphatic carbocycles. The predicted octanol–water partition coefficient (Wildman–Crippen LogP) is 5.90. The zero-order chi connectivity index (χ0) is 13.8. The van der Waals surface area contributed by atoms with Gasteiger partial charge in [0.05, 0.1) is 10.9 Å². The van der Waals surface area contributed by atoms with E-state index < -0.39 is 0 Å². The molecule has 0 N–H and O–H groups in total. The predicted molar refractivity (Wildman–Crippen MR) is 89.7 cm³/mol. The van der Waals surface area contributed by atoms with Crippen molar-refractivity contribution < 1.29 is 4.74 Å². The van der Waals surface area contributed by atoms with Crippen molar-refractivity contribution in [3.05, 3.63) is 50.1 Å². The minimum absolute atomic E-state index is 0.421. The van der Waals surface area contributed by atoms with Gasteiger partial charge in [-0.2, -0.15) is 0 Å². The standard InChI is InChI=1S/C15H16Br2OS/c1-10-9-14(19-15(10)17)13(16)8-5-11-3-6-12(18-2)7-4-11/h3-4,6-7,9,13H,5,8H2,1-2H3. The monoisotopic (exact) mass is 402 g/mol. The molecule has 0 aliphatic rings.